The number of hydrogen-bond acceptors (Lipinski definition) is 5. The van der Waals surface area contributed by atoms with Gasteiger partial charge in [-0.05, 0) is 32.1 Å². The molecule has 3 rings (SSSR count). The highest BCUT2D eigenvalue weighted by Gasteiger charge is 2.20. The Morgan fingerprint density at radius 1 is 1.55 bits per heavy atom. The number of nitrogens with one attached hydrogen (secondary N) is 1. The second-order valence-corrected chi connectivity index (χ2v) is 7.73. The second kappa shape index (κ2) is 6.34. The molecule has 5 nitrogen and oxygen atoms in total. The summed E-state index contributed by atoms with van der Waals surface area (Å²) in [4.78, 5) is 29.5. The molecular formula is C15H19N3O2S2. The van der Waals surface area contributed by atoms with E-state index >= 15 is 0 Å². The fraction of sp³-hybridized carbons (Fsp3) is 0.533. The van der Waals surface area contributed by atoms with Gasteiger partial charge in [-0.25, -0.2) is 4.98 Å². The van der Waals surface area contributed by atoms with Crippen LogP contribution >= 0.6 is 22.7 Å². The van der Waals surface area contributed by atoms with Gasteiger partial charge in [0.25, 0.3) is 0 Å². The summed E-state index contributed by atoms with van der Waals surface area (Å²) in [6.45, 7) is 4.55. The van der Waals surface area contributed by atoms with Crippen LogP contribution in [0, 0.1) is 12.8 Å². The van der Waals surface area contributed by atoms with E-state index in [9.17, 15) is 9.59 Å². The number of carbonyl (C=O) groups excluding carboxylic acids is 1. The number of aryl methyl sites for hydroxylation is 2. The predicted octanol–water partition coefficient (Wildman–Crippen LogP) is 2.83. The fourth-order valence-electron chi connectivity index (χ4n) is 2.66. The lowest BCUT2D eigenvalue weighted by Crippen LogP contribution is -2.20. The third kappa shape index (κ3) is 3.30. The Bertz CT molecular complexity index is 744. The van der Waals surface area contributed by atoms with Crippen LogP contribution in [0.25, 0.3) is 0 Å². The van der Waals surface area contributed by atoms with E-state index in [1.54, 1.807) is 15.9 Å². The molecule has 2 aromatic rings. The molecule has 118 valence electrons. The normalized spacial score (nSPS) is 17.3. The van der Waals surface area contributed by atoms with E-state index in [-0.39, 0.29) is 17.2 Å². The van der Waals surface area contributed by atoms with Gasteiger partial charge in [-0.2, -0.15) is 0 Å². The van der Waals surface area contributed by atoms with Gasteiger partial charge in [0.1, 0.15) is 0 Å². The van der Waals surface area contributed by atoms with Gasteiger partial charge in [-0.3, -0.25) is 9.59 Å². The van der Waals surface area contributed by atoms with Crippen LogP contribution in [0.1, 0.15) is 36.0 Å². The Kier molecular flexibility index (Phi) is 4.44. The van der Waals surface area contributed by atoms with Gasteiger partial charge in [0.15, 0.2) is 5.13 Å². The largest absolute Gasteiger partial charge is 0.307 e. The van der Waals surface area contributed by atoms with Gasteiger partial charge in [0.05, 0.1) is 5.69 Å². The Hall–Kier alpha value is -1.47. The molecule has 22 heavy (non-hydrogen) atoms. The Balaban J connectivity index is 1.59. The van der Waals surface area contributed by atoms with Gasteiger partial charge < -0.3 is 9.88 Å². The monoisotopic (exact) mass is 337 g/mol. The first-order chi connectivity index (χ1) is 10.5. The molecule has 0 radical (unpaired) electrons. The molecule has 0 aliphatic heterocycles. The number of anilines is 1. The van der Waals surface area contributed by atoms with Crippen molar-refractivity contribution in [2.24, 2.45) is 5.92 Å². The summed E-state index contributed by atoms with van der Waals surface area (Å²) < 4.78 is 1.64. The molecule has 2 heterocycles. The maximum Gasteiger partial charge on any atom is 0.307 e. The molecule has 0 aromatic carbocycles. The zero-order valence-electron chi connectivity index (χ0n) is 12.7. The minimum absolute atomic E-state index is 0.0102. The smallest absolute Gasteiger partial charge is 0.303 e. The summed E-state index contributed by atoms with van der Waals surface area (Å²) in [5.74, 6) is 0.613. The van der Waals surface area contributed by atoms with E-state index in [2.05, 4.69) is 17.2 Å². The second-order valence-electron chi connectivity index (χ2n) is 5.83. The molecule has 0 saturated carbocycles. The van der Waals surface area contributed by atoms with Crippen LogP contribution in [0.4, 0.5) is 5.13 Å². The molecule has 7 heteroatoms. The third-order valence-corrected chi connectivity index (χ3v) is 5.89. The van der Waals surface area contributed by atoms with Crippen molar-refractivity contribution in [1.82, 2.24) is 9.55 Å². The van der Waals surface area contributed by atoms with E-state index in [1.165, 1.54) is 22.6 Å². The van der Waals surface area contributed by atoms with Crippen molar-refractivity contribution in [2.45, 2.75) is 46.1 Å². The molecular weight excluding hydrogens is 318 g/mol. The summed E-state index contributed by atoms with van der Waals surface area (Å²) in [6, 6.07) is 0. The number of fused-ring (bicyclic) bond motifs is 1. The van der Waals surface area contributed by atoms with Crippen molar-refractivity contribution < 1.29 is 4.79 Å². The average molecular weight is 337 g/mol. The first-order valence-corrected chi connectivity index (χ1v) is 9.16. The molecule has 2 aromatic heterocycles. The maximum absolute atomic E-state index is 12.1. The van der Waals surface area contributed by atoms with Crippen molar-refractivity contribution in [3.63, 3.8) is 0 Å². The molecule has 1 N–H and O–H groups in total. The van der Waals surface area contributed by atoms with E-state index in [4.69, 9.17) is 0 Å². The third-order valence-electron chi connectivity index (χ3n) is 3.97. The van der Waals surface area contributed by atoms with Gasteiger partial charge in [0.2, 0.25) is 5.91 Å². The fourth-order valence-corrected chi connectivity index (χ4v) is 4.61. The van der Waals surface area contributed by atoms with Crippen LogP contribution in [0.5, 0.6) is 0 Å². The SMILES string of the molecule is Cc1csc(=O)n1CCC(=O)Nc1nc2c(s1)C[C@@H](C)CC2. The number of thiazole rings is 2. The first-order valence-electron chi connectivity index (χ1n) is 7.46. The van der Waals surface area contributed by atoms with Crippen LogP contribution in [-0.2, 0) is 24.2 Å². The highest BCUT2D eigenvalue weighted by Crippen LogP contribution is 2.32. The molecule has 0 unspecified atom stereocenters. The average Bonchev–Trinajstić information content (AvgIpc) is 3.00. The lowest BCUT2D eigenvalue weighted by molar-refractivity contribution is -0.116. The summed E-state index contributed by atoms with van der Waals surface area (Å²) in [6.07, 6.45) is 3.53. The predicted molar refractivity (Wildman–Crippen MR) is 89.9 cm³/mol. The highest BCUT2D eigenvalue weighted by atomic mass is 32.1. The molecule has 1 aliphatic carbocycles. The minimum atomic E-state index is -0.0864. The van der Waals surface area contributed by atoms with Gasteiger partial charge >= 0.3 is 4.87 Å². The van der Waals surface area contributed by atoms with Gasteiger partial charge in [0, 0.05) is 28.9 Å². The number of amides is 1. The highest BCUT2D eigenvalue weighted by molar-refractivity contribution is 7.15. The zero-order chi connectivity index (χ0) is 15.7. The lowest BCUT2D eigenvalue weighted by atomic mass is 9.93. The molecule has 1 amide bonds. The number of nitrogens with zero attached hydrogens (tertiary/aromatic N) is 2. The maximum atomic E-state index is 12.1. The number of hydrogen-bond donors (Lipinski definition) is 1. The van der Waals surface area contributed by atoms with E-state index in [0.29, 0.717) is 17.6 Å². The van der Waals surface area contributed by atoms with E-state index in [1.807, 2.05) is 12.3 Å². The Morgan fingerprint density at radius 3 is 3.09 bits per heavy atom. The Morgan fingerprint density at radius 2 is 2.36 bits per heavy atom. The Labute approximate surface area is 137 Å². The molecule has 0 bridgehead atoms. The van der Waals surface area contributed by atoms with Crippen molar-refractivity contribution >= 4 is 33.7 Å². The molecule has 0 spiro atoms. The van der Waals surface area contributed by atoms with Crippen LogP contribution in [0.15, 0.2) is 10.2 Å². The number of carbonyl (C=O) groups is 1. The summed E-state index contributed by atoms with van der Waals surface area (Å²) in [7, 11) is 0. The topological polar surface area (TPSA) is 64.0 Å². The van der Waals surface area contributed by atoms with Crippen molar-refractivity contribution in [3.05, 3.63) is 31.3 Å². The molecule has 1 atom stereocenters. The lowest BCUT2D eigenvalue weighted by Gasteiger charge is -2.15. The summed E-state index contributed by atoms with van der Waals surface area (Å²) in [5.41, 5.74) is 2.05. The van der Waals surface area contributed by atoms with Crippen molar-refractivity contribution in [2.75, 3.05) is 5.32 Å². The zero-order valence-corrected chi connectivity index (χ0v) is 14.4. The van der Waals surface area contributed by atoms with Crippen LogP contribution < -0.4 is 10.2 Å². The molecule has 0 fully saturated rings. The van der Waals surface area contributed by atoms with Crippen LogP contribution in [-0.4, -0.2) is 15.5 Å². The quantitative estimate of drug-likeness (QED) is 0.933. The first kappa shape index (κ1) is 15.4. The minimum Gasteiger partial charge on any atom is -0.303 e. The summed E-state index contributed by atoms with van der Waals surface area (Å²) >= 11 is 2.76. The molecule has 0 saturated heterocycles. The van der Waals surface area contributed by atoms with E-state index in [0.717, 1.165) is 24.2 Å². The van der Waals surface area contributed by atoms with Crippen molar-refractivity contribution in [1.29, 1.82) is 0 Å². The van der Waals surface area contributed by atoms with Gasteiger partial charge in [-0.1, -0.05) is 18.3 Å². The number of rotatable bonds is 4. The van der Waals surface area contributed by atoms with Gasteiger partial charge in [-0.15, -0.1) is 11.3 Å². The van der Waals surface area contributed by atoms with Crippen molar-refractivity contribution in [3.8, 4) is 0 Å². The molecule has 1 aliphatic rings. The van der Waals surface area contributed by atoms with Crippen LogP contribution in [0.2, 0.25) is 0 Å². The summed E-state index contributed by atoms with van der Waals surface area (Å²) in [5, 5.41) is 5.38. The number of aromatic nitrogens is 2. The van der Waals surface area contributed by atoms with E-state index < -0.39 is 0 Å². The standard InChI is InChI=1S/C15H19N3O2S2/c1-9-3-4-11-12(7-9)22-14(16-11)17-13(19)5-6-18-10(2)8-21-15(18)20/h8-9H,3-7H2,1-2H3,(H,16,17,19)/t9-/m0/s1. The van der Waals surface area contributed by atoms with Crippen LogP contribution in [0.3, 0.4) is 0 Å².